The van der Waals surface area contributed by atoms with Gasteiger partial charge in [-0.2, -0.15) is 0 Å². The van der Waals surface area contributed by atoms with Crippen LogP contribution in [0.3, 0.4) is 0 Å². The molecule has 0 saturated heterocycles. The summed E-state index contributed by atoms with van der Waals surface area (Å²) in [5.74, 6) is -0.297. The molecule has 1 aliphatic heterocycles. The van der Waals surface area contributed by atoms with E-state index in [2.05, 4.69) is 15.0 Å². The molecule has 0 spiro atoms. The van der Waals surface area contributed by atoms with Gasteiger partial charge in [-0.1, -0.05) is 0 Å². The number of methoxy groups -OCH3 is 1. The molecule has 56 valence electrons. The summed E-state index contributed by atoms with van der Waals surface area (Å²) in [7, 11) is 1.36. The maximum absolute atomic E-state index is 11.0. The number of nitrogens with zero attached hydrogens (tertiary/aromatic N) is 1. The molecule has 1 heterocycles. The predicted molar refractivity (Wildman–Crippen MR) is 36.9 cm³/mol. The van der Waals surface area contributed by atoms with E-state index in [1.807, 2.05) is 0 Å². The third kappa shape index (κ3) is 0.964. The molecule has 10 heavy (non-hydrogen) atoms. The smallest absolute Gasteiger partial charge is 0.335 e. The molecule has 0 amide bonds. The molecule has 0 aromatic carbocycles. The lowest BCUT2D eigenvalue weighted by Crippen LogP contribution is -2.38. The summed E-state index contributed by atoms with van der Waals surface area (Å²) in [4.78, 5) is 14.9. The maximum atomic E-state index is 11.0. The van der Waals surface area contributed by atoms with Crippen molar-refractivity contribution in [2.45, 2.75) is 12.5 Å². The Labute approximate surface area is 59.3 Å². The van der Waals surface area contributed by atoms with Gasteiger partial charge >= 0.3 is 5.97 Å². The van der Waals surface area contributed by atoms with Gasteiger partial charge in [0.15, 0.2) is 5.54 Å². The summed E-state index contributed by atoms with van der Waals surface area (Å²) in [5.41, 5.74) is -0.700. The SMILES string of the molecule is COC(=O)C1(C)CNC=N1. The highest BCUT2D eigenvalue weighted by Gasteiger charge is 2.35. The molecular formula is C6H10N2O2. The predicted octanol–water partition coefficient (Wildman–Crippen LogP) is -0.450. The summed E-state index contributed by atoms with van der Waals surface area (Å²) in [6, 6.07) is 0. The van der Waals surface area contributed by atoms with Crippen LogP contribution in [-0.2, 0) is 9.53 Å². The minimum absolute atomic E-state index is 0.297. The third-order valence-electron chi connectivity index (χ3n) is 1.51. The van der Waals surface area contributed by atoms with Crippen LogP contribution in [0.25, 0.3) is 0 Å². The number of hydrogen-bond donors (Lipinski definition) is 1. The van der Waals surface area contributed by atoms with Crippen LogP contribution in [0.2, 0.25) is 0 Å². The Bertz CT molecular complexity index is 179. The average Bonchev–Trinajstić information content (AvgIpc) is 2.36. The normalized spacial score (nSPS) is 29.8. The first-order valence-electron chi connectivity index (χ1n) is 3.04. The number of carbonyl (C=O) groups excluding carboxylic acids is 1. The van der Waals surface area contributed by atoms with Crippen molar-refractivity contribution in [1.29, 1.82) is 0 Å². The highest BCUT2D eigenvalue weighted by Crippen LogP contribution is 2.12. The van der Waals surface area contributed by atoms with Gasteiger partial charge in [-0.3, -0.25) is 4.99 Å². The maximum Gasteiger partial charge on any atom is 0.335 e. The third-order valence-corrected chi connectivity index (χ3v) is 1.51. The second-order valence-electron chi connectivity index (χ2n) is 2.40. The Morgan fingerprint density at radius 2 is 2.60 bits per heavy atom. The van der Waals surface area contributed by atoms with Gasteiger partial charge in [0.25, 0.3) is 0 Å². The first kappa shape index (κ1) is 7.05. The molecule has 4 heteroatoms. The molecule has 0 radical (unpaired) electrons. The van der Waals surface area contributed by atoms with Crippen LogP contribution in [0, 0.1) is 0 Å². The summed E-state index contributed by atoms with van der Waals surface area (Å²) < 4.78 is 4.54. The zero-order valence-electron chi connectivity index (χ0n) is 6.05. The number of rotatable bonds is 1. The average molecular weight is 142 g/mol. The van der Waals surface area contributed by atoms with Crippen LogP contribution in [-0.4, -0.2) is 31.5 Å². The van der Waals surface area contributed by atoms with E-state index in [9.17, 15) is 4.79 Å². The minimum atomic E-state index is -0.700. The van der Waals surface area contributed by atoms with Crippen LogP contribution in [0.4, 0.5) is 0 Å². The summed E-state index contributed by atoms with van der Waals surface area (Å²) in [5, 5.41) is 2.84. The van der Waals surface area contributed by atoms with Gasteiger partial charge in [-0.05, 0) is 6.92 Å². The van der Waals surface area contributed by atoms with Crippen LogP contribution in [0.15, 0.2) is 4.99 Å². The van der Waals surface area contributed by atoms with Crippen LogP contribution in [0.5, 0.6) is 0 Å². The Balaban J connectivity index is 2.68. The van der Waals surface area contributed by atoms with Crippen LogP contribution >= 0.6 is 0 Å². The van der Waals surface area contributed by atoms with Crippen molar-refractivity contribution in [3.05, 3.63) is 0 Å². The van der Waals surface area contributed by atoms with E-state index in [4.69, 9.17) is 0 Å². The molecule has 1 N–H and O–H groups in total. The molecule has 0 bridgehead atoms. The molecule has 1 rings (SSSR count). The quantitative estimate of drug-likeness (QED) is 0.504. The van der Waals surface area contributed by atoms with E-state index in [0.717, 1.165) is 0 Å². The molecule has 0 saturated carbocycles. The standard InChI is InChI=1S/C6H10N2O2/c1-6(5(9)10-2)3-7-4-8-6/h4H,3H2,1-2H3,(H,7,8). The second kappa shape index (κ2) is 2.28. The first-order chi connectivity index (χ1) is 4.69. The highest BCUT2D eigenvalue weighted by molar-refractivity contribution is 5.84. The highest BCUT2D eigenvalue weighted by atomic mass is 16.5. The minimum Gasteiger partial charge on any atom is -0.467 e. The van der Waals surface area contributed by atoms with Crippen molar-refractivity contribution >= 4 is 12.3 Å². The number of esters is 1. The fourth-order valence-corrected chi connectivity index (χ4v) is 0.823. The van der Waals surface area contributed by atoms with Crippen molar-refractivity contribution < 1.29 is 9.53 Å². The van der Waals surface area contributed by atoms with Crippen LogP contribution in [0.1, 0.15) is 6.92 Å². The lowest BCUT2D eigenvalue weighted by atomic mass is 10.1. The Morgan fingerprint density at radius 3 is 3.00 bits per heavy atom. The van der Waals surface area contributed by atoms with Gasteiger partial charge in [0.1, 0.15) is 0 Å². The van der Waals surface area contributed by atoms with E-state index in [1.165, 1.54) is 13.4 Å². The molecule has 4 nitrogen and oxygen atoms in total. The number of carbonyl (C=O) groups is 1. The molecule has 0 fully saturated rings. The van der Waals surface area contributed by atoms with Crippen molar-refractivity contribution in [2.75, 3.05) is 13.7 Å². The van der Waals surface area contributed by atoms with E-state index < -0.39 is 5.54 Å². The zero-order chi connectivity index (χ0) is 7.61. The van der Waals surface area contributed by atoms with Crippen molar-refractivity contribution in [3.8, 4) is 0 Å². The Hall–Kier alpha value is -1.06. The first-order valence-corrected chi connectivity index (χ1v) is 3.04. The fourth-order valence-electron chi connectivity index (χ4n) is 0.823. The van der Waals surface area contributed by atoms with Gasteiger partial charge in [0.05, 0.1) is 20.0 Å². The van der Waals surface area contributed by atoms with Gasteiger partial charge in [-0.25, -0.2) is 4.79 Å². The Kier molecular flexibility index (Phi) is 1.61. The van der Waals surface area contributed by atoms with Crippen molar-refractivity contribution in [2.24, 2.45) is 4.99 Å². The molecule has 1 unspecified atom stereocenters. The molecule has 0 aromatic heterocycles. The number of hydrogen-bond acceptors (Lipinski definition) is 4. The topological polar surface area (TPSA) is 50.7 Å². The van der Waals surface area contributed by atoms with Crippen molar-refractivity contribution in [1.82, 2.24) is 5.32 Å². The molecule has 0 aromatic rings. The Morgan fingerprint density at radius 1 is 1.90 bits per heavy atom. The lowest BCUT2D eigenvalue weighted by molar-refractivity contribution is -0.145. The summed E-state index contributed by atoms with van der Waals surface area (Å²) >= 11 is 0. The van der Waals surface area contributed by atoms with Crippen molar-refractivity contribution in [3.63, 3.8) is 0 Å². The van der Waals surface area contributed by atoms with E-state index in [0.29, 0.717) is 6.54 Å². The second-order valence-corrected chi connectivity index (χ2v) is 2.40. The largest absolute Gasteiger partial charge is 0.467 e. The molecule has 1 atom stereocenters. The van der Waals surface area contributed by atoms with Gasteiger partial charge < -0.3 is 10.1 Å². The van der Waals surface area contributed by atoms with E-state index >= 15 is 0 Å². The van der Waals surface area contributed by atoms with Gasteiger partial charge in [0, 0.05) is 0 Å². The van der Waals surface area contributed by atoms with E-state index in [-0.39, 0.29) is 5.97 Å². The molecule has 0 aliphatic carbocycles. The van der Waals surface area contributed by atoms with Gasteiger partial charge in [-0.15, -0.1) is 0 Å². The molecular weight excluding hydrogens is 132 g/mol. The fraction of sp³-hybridized carbons (Fsp3) is 0.667. The summed E-state index contributed by atoms with van der Waals surface area (Å²) in [6.45, 7) is 2.26. The summed E-state index contributed by atoms with van der Waals surface area (Å²) in [6.07, 6.45) is 1.52. The lowest BCUT2D eigenvalue weighted by Gasteiger charge is -2.15. The zero-order valence-corrected chi connectivity index (χ0v) is 6.05. The number of nitrogens with one attached hydrogen (secondary N) is 1. The van der Waals surface area contributed by atoms with Crippen LogP contribution < -0.4 is 5.32 Å². The number of aliphatic imine (C=N–C) groups is 1. The van der Waals surface area contributed by atoms with Gasteiger partial charge in [0.2, 0.25) is 0 Å². The molecule has 1 aliphatic rings. The van der Waals surface area contributed by atoms with E-state index in [1.54, 1.807) is 6.92 Å². The number of ether oxygens (including phenoxy) is 1. The monoisotopic (exact) mass is 142 g/mol.